The van der Waals surface area contributed by atoms with E-state index in [0.717, 1.165) is 6.42 Å². The number of carbonyl (C=O) groups is 1. The zero-order chi connectivity index (χ0) is 10.1. The molecule has 0 amide bonds. The van der Waals surface area contributed by atoms with Gasteiger partial charge < -0.3 is 5.11 Å². The predicted molar refractivity (Wildman–Crippen MR) is 54.8 cm³/mol. The molecule has 0 radical (unpaired) electrons. The Bertz CT molecular complexity index is 369. The van der Waals surface area contributed by atoms with Crippen molar-refractivity contribution in [3.05, 3.63) is 34.9 Å². The first kappa shape index (κ1) is 9.25. The van der Waals surface area contributed by atoms with E-state index in [1.165, 1.54) is 24.0 Å². The second-order valence-electron chi connectivity index (χ2n) is 4.01. The Balaban J connectivity index is 2.45. The lowest BCUT2D eigenvalue weighted by molar-refractivity contribution is 0.0696. The fourth-order valence-corrected chi connectivity index (χ4v) is 2.17. The van der Waals surface area contributed by atoms with Crippen molar-refractivity contribution in [1.82, 2.24) is 0 Å². The summed E-state index contributed by atoms with van der Waals surface area (Å²) >= 11 is 0. The average Bonchev–Trinajstić information content (AvgIpc) is 2.18. The van der Waals surface area contributed by atoms with E-state index in [0.29, 0.717) is 11.5 Å². The largest absolute Gasteiger partial charge is 0.478 e. The van der Waals surface area contributed by atoms with Crippen LogP contribution in [0.5, 0.6) is 0 Å². The molecule has 1 aliphatic rings. The van der Waals surface area contributed by atoms with Crippen LogP contribution in [-0.4, -0.2) is 11.1 Å². The molecule has 0 spiro atoms. The van der Waals surface area contributed by atoms with Gasteiger partial charge in [0.1, 0.15) is 0 Å². The monoisotopic (exact) mass is 190 g/mol. The van der Waals surface area contributed by atoms with Crippen molar-refractivity contribution in [3.63, 3.8) is 0 Å². The van der Waals surface area contributed by atoms with Crippen molar-refractivity contribution >= 4 is 5.97 Å². The average molecular weight is 190 g/mol. The van der Waals surface area contributed by atoms with Crippen molar-refractivity contribution in [1.29, 1.82) is 0 Å². The SMILES string of the molecule is CC1CCCc2ccc(C(=O)O)cc21. The molecule has 1 atom stereocenters. The smallest absolute Gasteiger partial charge is 0.335 e. The van der Waals surface area contributed by atoms with Crippen LogP contribution in [0.3, 0.4) is 0 Å². The first-order valence-electron chi connectivity index (χ1n) is 5.04. The van der Waals surface area contributed by atoms with Gasteiger partial charge in [-0.2, -0.15) is 0 Å². The zero-order valence-corrected chi connectivity index (χ0v) is 8.29. The topological polar surface area (TPSA) is 37.3 Å². The van der Waals surface area contributed by atoms with Gasteiger partial charge in [-0.25, -0.2) is 4.79 Å². The van der Waals surface area contributed by atoms with Gasteiger partial charge >= 0.3 is 5.97 Å². The molecule has 1 aromatic rings. The molecule has 1 aromatic carbocycles. The van der Waals surface area contributed by atoms with Gasteiger partial charge in [0, 0.05) is 0 Å². The van der Waals surface area contributed by atoms with Gasteiger partial charge in [-0.15, -0.1) is 0 Å². The van der Waals surface area contributed by atoms with E-state index >= 15 is 0 Å². The van der Waals surface area contributed by atoms with Crippen molar-refractivity contribution < 1.29 is 9.90 Å². The summed E-state index contributed by atoms with van der Waals surface area (Å²) < 4.78 is 0. The van der Waals surface area contributed by atoms with Crippen LogP contribution in [0.4, 0.5) is 0 Å². The summed E-state index contributed by atoms with van der Waals surface area (Å²) in [4.78, 5) is 10.8. The number of aryl methyl sites for hydroxylation is 1. The Morgan fingerprint density at radius 3 is 3.00 bits per heavy atom. The minimum atomic E-state index is -0.828. The highest BCUT2D eigenvalue weighted by Crippen LogP contribution is 2.31. The molecule has 2 nitrogen and oxygen atoms in total. The Morgan fingerprint density at radius 2 is 2.29 bits per heavy atom. The Kier molecular flexibility index (Phi) is 2.28. The number of aromatic carboxylic acids is 1. The van der Waals surface area contributed by atoms with E-state index in [4.69, 9.17) is 5.11 Å². The number of fused-ring (bicyclic) bond motifs is 1. The van der Waals surface area contributed by atoms with E-state index in [1.807, 2.05) is 12.1 Å². The zero-order valence-electron chi connectivity index (χ0n) is 8.29. The molecule has 14 heavy (non-hydrogen) atoms. The van der Waals surface area contributed by atoms with Crippen LogP contribution in [0, 0.1) is 0 Å². The minimum absolute atomic E-state index is 0.414. The molecule has 0 heterocycles. The highest BCUT2D eigenvalue weighted by molar-refractivity contribution is 5.88. The third-order valence-corrected chi connectivity index (χ3v) is 3.01. The minimum Gasteiger partial charge on any atom is -0.478 e. The van der Waals surface area contributed by atoms with Crippen molar-refractivity contribution in [2.24, 2.45) is 0 Å². The molecular formula is C12H14O2. The Morgan fingerprint density at radius 1 is 1.50 bits per heavy atom. The molecule has 0 bridgehead atoms. The maximum atomic E-state index is 10.8. The normalized spacial score (nSPS) is 20.2. The van der Waals surface area contributed by atoms with E-state index in [2.05, 4.69) is 6.92 Å². The van der Waals surface area contributed by atoms with Gasteiger partial charge in [-0.1, -0.05) is 13.0 Å². The van der Waals surface area contributed by atoms with Gasteiger partial charge in [-0.05, 0) is 48.4 Å². The molecule has 1 unspecified atom stereocenters. The summed E-state index contributed by atoms with van der Waals surface area (Å²) in [6.07, 6.45) is 3.50. The molecule has 0 fully saturated rings. The number of carboxylic acids is 1. The molecular weight excluding hydrogens is 176 g/mol. The van der Waals surface area contributed by atoms with E-state index in [1.54, 1.807) is 6.07 Å². The van der Waals surface area contributed by atoms with Gasteiger partial charge in [0.2, 0.25) is 0 Å². The first-order valence-corrected chi connectivity index (χ1v) is 5.04. The second kappa shape index (κ2) is 3.45. The molecule has 2 rings (SSSR count). The molecule has 0 aliphatic heterocycles. The van der Waals surface area contributed by atoms with Crippen LogP contribution in [0.25, 0.3) is 0 Å². The van der Waals surface area contributed by atoms with E-state index in [-0.39, 0.29) is 0 Å². The lowest BCUT2D eigenvalue weighted by Crippen LogP contribution is -2.09. The molecule has 0 aromatic heterocycles. The summed E-state index contributed by atoms with van der Waals surface area (Å²) in [7, 11) is 0. The fraction of sp³-hybridized carbons (Fsp3) is 0.417. The molecule has 0 saturated heterocycles. The second-order valence-corrected chi connectivity index (χ2v) is 4.01. The molecule has 1 N–H and O–H groups in total. The standard InChI is InChI=1S/C12H14O2/c1-8-3-2-4-9-5-6-10(12(13)14)7-11(8)9/h5-8H,2-4H2,1H3,(H,13,14). The van der Waals surface area contributed by atoms with Crippen LogP contribution in [0.2, 0.25) is 0 Å². The van der Waals surface area contributed by atoms with Gasteiger partial charge in [0.25, 0.3) is 0 Å². The number of benzene rings is 1. The fourth-order valence-electron chi connectivity index (χ4n) is 2.17. The maximum absolute atomic E-state index is 10.8. The lowest BCUT2D eigenvalue weighted by Gasteiger charge is -2.22. The molecule has 2 heteroatoms. The third kappa shape index (κ3) is 1.52. The molecule has 74 valence electrons. The first-order chi connectivity index (χ1) is 6.68. The van der Waals surface area contributed by atoms with E-state index in [9.17, 15) is 4.79 Å². The third-order valence-electron chi connectivity index (χ3n) is 3.01. The highest BCUT2D eigenvalue weighted by atomic mass is 16.4. The van der Waals surface area contributed by atoms with Gasteiger partial charge in [-0.3, -0.25) is 0 Å². The number of hydrogen-bond acceptors (Lipinski definition) is 1. The molecule has 0 saturated carbocycles. The summed E-state index contributed by atoms with van der Waals surface area (Å²) in [6, 6.07) is 5.51. The van der Waals surface area contributed by atoms with Crippen molar-refractivity contribution in [2.75, 3.05) is 0 Å². The Hall–Kier alpha value is -1.31. The maximum Gasteiger partial charge on any atom is 0.335 e. The number of hydrogen-bond donors (Lipinski definition) is 1. The van der Waals surface area contributed by atoms with Crippen molar-refractivity contribution in [2.45, 2.75) is 32.1 Å². The number of carboxylic acid groups (broad SMARTS) is 1. The van der Waals surface area contributed by atoms with Crippen LogP contribution in [0.1, 0.15) is 47.2 Å². The van der Waals surface area contributed by atoms with Crippen LogP contribution in [-0.2, 0) is 6.42 Å². The number of rotatable bonds is 1. The van der Waals surface area contributed by atoms with Gasteiger partial charge in [0.05, 0.1) is 5.56 Å². The molecule has 1 aliphatic carbocycles. The van der Waals surface area contributed by atoms with E-state index < -0.39 is 5.97 Å². The summed E-state index contributed by atoms with van der Waals surface area (Å²) in [5, 5.41) is 8.87. The van der Waals surface area contributed by atoms with Gasteiger partial charge in [0.15, 0.2) is 0 Å². The van der Waals surface area contributed by atoms with Crippen LogP contribution >= 0.6 is 0 Å². The quantitative estimate of drug-likeness (QED) is 0.739. The highest BCUT2D eigenvalue weighted by Gasteiger charge is 2.17. The summed E-state index contributed by atoms with van der Waals surface area (Å²) in [5.74, 6) is -0.316. The summed E-state index contributed by atoms with van der Waals surface area (Å²) in [5.41, 5.74) is 2.97. The van der Waals surface area contributed by atoms with Crippen LogP contribution < -0.4 is 0 Å². The lowest BCUT2D eigenvalue weighted by atomic mass is 9.83. The van der Waals surface area contributed by atoms with Crippen molar-refractivity contribution in [3.8, 4) is 0 Å². The Labute approximate surface area is 83.6 Å². The predicted octanol–water partition coefficient (Wildman–Crippen LogP) is 2.82. The summed E-state index contributed by atoms with van der Waals surface area (Å²) in [6.45, 7) is 2.17. The van der Waals surface area contributed by atoms with Crippen LogP contribution in [0.15, 0.2) is 18.2 Å².